The Morgan fingerprint density at radius 1 is 0.833 bits per heavy atom. The Bertz CT molecular complexity index is 412. The number of rotatable bonds is 6. The average molecular weight is 449 g/mol. The molecule has 0 unspecified atom stereocenters. The molecule has 0 spiro atoms. The molecule has 2 fully saturated rings. The molecule has 0 radical (unpaired) electrons. The maximum absolute atomic E-state index is 11.0. The van der Waals surface area contributed by atoms with Gasteiger partial charge < -0.3 is 31.2 Å². The predicted molar refractivity (Wildman–Crippen MR) is 126 cm³/mol. The normalized spacial score (nSPS) is 20.4. The number of aliphatic hydroxyl groups is 1. The first-order valence-corrected chi connectivity index (χ1v) is 10.7. The zero-order valence-corrected chi connectivity index (χ0v) is 19.3. The molecular formula is C20H49AlFLiN4O3. The van der Waals surface area contributed by atoms with Crippen LogP contribution in [-0.2, 0) is 4.79 Å². The summed E-state index contributed by atoms with van der Waals surface area (Å²) in [6, 6.07) is 0. The van der Waals surface area contributed by atoms with Crippen molar-refractivity contribution < 1.29 is 41.4 Å². The Morgan fingerprint density at radius 2 is 1.13 bits per heavy atom. The third kappa shape index (κ3) is 13.0. The quantitative estimate of drug-likeness (QED) is 0.418. The smallest absolute Gasteiger partial charge is 1.00 e. The summed E-state index contributed by atoms with van der Waals surface area (Å²) in [5.74, 6) is -0.441. The first-order chi connectivity index (χ1) is 13.0. The molecule has 10 heteroatoms. The Kier molecular flexibility index (Phi) is 23.3. The van der Waals surface area contributed by atoms with Crippen molar-refractivity contribution in [2.24, 2.45) is 11.8 Å². The number of carbonyl (C=O) groups is 1. The number of aliphatic hydroxyl groups excluding tert-OH is 1. The molecule has 0 atom stereocenters. The molecule has 2 rings (SSSR count). The van der Waals surface area contributed by atoms with Crippen molar-refractivity contribution in [3.05, 3.63) is 0 Å². The van der Waals surface area contributed by atoms with Crippen LogP contribution < -0.4 is 18.9 Å². The molecule has 178 valence electrons. The molecule has 2 N–H and O–H groups in total. The van der Waals surface area contributed by atoms with E-state index in [0.29, 0.717) is 25.6 Å². The monoisotopic (exact) mass is 448 g/mol. The summed E-state index contributed by atoms with van der Waals surface area (Å²) in [5.41, 5.74) is 0. The molecule has 7 nitrogen and oxygen atoms in total. The van der Waals surface area contributed by atoms with Crippen molar-refractivity contribution in [1.82, 2.24) is 19.6 Å². The summed E-state index contributed by atoms with van der Waals surface area (Å²) >= 11 is 0. The fraction of sp³-hybridized carbons (Fsp3) is 0.950. The summed E-state index contributed by atoms with van der Waals surface area (Å²) in [4.78, 5) is 20.3. The molecule has 2 heterocycles. The Balaban J connectivity index is -0.000000132. The largest absolute Gasteiger partial charge is 1.00 e. The number of aliphatic carboxylic acids is 1. The van der Waals surface area contributed by atoms with E-state index >= 15 is 0 Å². The summed E-state index contributed by atoms with van der Waals surface area (Å²) in [7, 11) is 0. The van der Waals surface area contributed by atoms with Crippen molar-refractivity contribution in [3.8, 4) is 0 Å². The van der Waals surface area contributed by atoms with Gasteiger partial charge in [0.05, 0.1) is 5.92 Å². The van der Waals surface area contributed by atoms with Gasteiger partial charge in [0.2, 0.25) is 0 Å². The van der Waals surface area contributed by atoms with Crippen LogP contribution in [0, 0.1) is 11.8 Å². The van der Waals surface area contributed by atoms with Gasteiger partial charge in [0.25, 0.3) is 0 Å². The molecule has 2 saturated heterocycles. The van der Waals surface area contributed by atoms with E-state index in [0.717, 1.165) is 65.4 Å². The summed E-state index contributed by atoms with van der Waals surface area (Å²) in [6.07, 6.45) is 0. The van der Waals surface area contributed by atoms with Gasteiger partial charge in [0.15, 0.2) is 17.4 Å². The molecule has 0 aromatic heterocycles. The minimum atomic E-state index is -0.663. The zero-order chi connectivity index (χ0) is 20.2. The fourth-order valence-electron chi connectivity index (χ4n) is 3.82. The van der Waals surface area contributed by atoms with Gasteiger partial charge in [-0.2, -0.15) is 0 Å². The SMILES string of the molecule is CCN1CCN(CC)CC(C(=O)O)C1.CCN1CCN(CC)CC(CO)C1.F.[3HH].[AlH3].[H-].[Li+]. The fourth-order valence-corrected chi connectivity index (χ4v) is 3.82. The molecule has 0 bridgehead atoms. The van der Waals surface area contributed by atoms with E-state index in [-0.39, 0.29) is 49.7 Å². The van der Waals surface area contributed by atoms with Gasteiger partial charge in [-0.25, -0.2) is 0 Å². The van der Waals surface area contributed by atoms with Crippen LogP contribution in [0.3, 0.4) is 0 Å². The van der Waals surface area contributed by atoms with E-state index < -0.39 is 5.97 Å². The number of likely N-dealkylation sites (N-methyl/N-ethyl adjacent to an activating group) is 4. The van der Waals surface area contributed by atoms with Crippen LogP contribution in [0.5, 0.6) is 0 Å². The second-order valence-corrected chi connectivity index (χ2v) is 7.66. The van der Waals surface area contributed by atoms with E-state index in [1.54, 1.807) is 0 Å². The van der Waals surface area contributed by atoms with Gasteiger partial charge in [-0.1, -0.05) is 27.7 Å². The van der Waals surface area contributed by atoms with Crippen LogP contribution in [0.1, 0.15) is 30.5 Å². The third-order valence-corrected chi connectivity index (χ3v) is 5.85. The molecule has 30 heavy (non-hydrogen) atoms. The van der Waals surface area contributed by atoms with Crippen molar-refractivity contribution >= 4 is 23.3 Å². The van der Waals surface area contributed by atoms with Gasteiger partial charge >= 0.3 is 24.8 Å². The average Bonchev–Trinajstić information content (AvgIpc) is 3.03. The topological polar surface area (TPSA) is 70.5 Å². The van der Waals surface area contributed by atoms with E-state index in [2.05, 4.69) is 47.3 Å². The first-order valence-electron chi connectivity index (χ1n) is 10.7. The standard InChI is InChI=1S/C10H20N2O2.C10H22N2O.Al.FH.Li.H2.4H/c1-3-11-5-6-12(4-2)8-9(7-11)10(13)14;1-3-11-5-6-12(4-2)8-10(7-11)9-13;;;;;;;;/h9H,3-8H2,1-2H3,(H,13,14);10,13H,3-9H2,1-2H3;;1H;;1H;;;;/q;;;;+1;;;;;-1/i;;;;;1+2;;;;. The van der Waals surface area contributed by atoms with Crippen LogP contribution in [-0.4, -0.2) is 138 Å². The van der Waals surface area contributed by atoms with Gasteiger partial charge in [0, 0.05) is 66.3 Å². The molecule has 0 aliphatic carbocycles. The van der Waals surface area contributed by atoms with Crippen molar-refractivity contribution in [1.29, 1.82) is 0 Å². The number of hydrogen-bond donors (Lipinski definition) is 2. The van der Waals surface area contributed by atoms with Crippen molar-refractivity contribution in [2.75, 3.05) is 85.1 Å². The second-order valence-electron chi connectivity index (χ2n) is 7.66. The van der Waals surface area contributed by atoms with Crippen LogP contribution in [0.4, 0.5) is 4.70 Å². The second kappa shape index (κ2) is 20.0. The zero-order valence-electron chi connectivity index (χ0n) is 20.3. The number of hydrogen-bond acceptors (Lipinski definition) is 6. The van der Waals surface area contributed by atoms with Gasteiger partial charge in [-0.05, 0) is 26.2 Å². The molecule has 2 aliphatic heterocycles. The van der Waals surface area contributed by atoms with Gasteiger partial charge in [0.1, 0.15) is 0 Å². The number of halogens is 1. The molecular weight excluding hydrogens is 397 g/mol. The Morgan fingerprint density at radius 3 is 1.37 bits per heavy atom. The molecule has 2 aliphatic rings. The molecule has 0 aromatic carbocycles. The summed E-state index contributed by atoms with van der Waals surface area (Å²) in [6.45, 7) is 20.8. The molecule has 0 aromatic rings. The number of nitrogens with zero attached hydrogens (tertiary/aromatic N) is 4. The first kappa shape index (κ1) is 34.9. The third-order valence-electron chi connectivity index (χ3n) is 5.85. The Hall–Kier alpha value is 0.330. The maximum atomic E-state index is 11.0. The van der Waals surface area contributed by atoms with Crippen LogP contribution in [0.15, 0.2) is 0 Å². The number of carboxylic acids is 1. The van der Waals surface area contributed by atoms with E-state index in [4.69, 9.17) is 5.11 Å². The van der Waals surface area contributed by atoms with Gasteiger partial charge in [-0.3, -0.25) is 9.50 Å². The summed E-state index contributed by atoms with van der Waals surface area (Å²) in [5, 5.41) is 18.2. The summed E-state index contributed by atoms with van der Waals surface area (Å²) < 4.78 is 0. The minimum Gasteiger partial charge on any atom is -1.00 e. The van der Waals surface area contributed by atoms with Crippen LogP contribution in [0.25, 0.3) is 0 Å². The van der Waals surface area contributed by atoms with Crippen LogP contribution >= 0.6 is 0 Å². The van der Waals surface area contributed by atoms with Crippen LogP contribution in [0.2, 0.25) is 0 Å². The maximum Gasteiger partial charge on any atom is 1.00 e. The van der Waals surface area contributed by atoms with Gasteiger partial charge in [-0.15, -0.1) is 0 Å². The molecule has 0 amide bonds. The minimum absolute atomic E-state index is 0. The van der Waals surface area contributed by atoms with E-state index in [1.807, 2.05) is 0 Å². The Labute approximate surface area is 208 Å². The van der Waals surface area contributed by atoms with Crippen molar-refractivity contribution in [3.63, 3.8) is 0 Å². The number of carboxylic acid groups (broad SMARTS) is 1. The van der Waals surface area contributed by atoms with Crippen molar-refractivity contribution in [2.45, 2.75) is 27.7 Å². The van der Waals surface area contributed by atoms with E-state index in [9.17, 15) is 9.90 Å². The van der Waals surface area contributed by atoms with E-state index in [1.165, 1.54) is 0 Å². The predicted octanol–water partition coefficient (Wildman–Crippen LogP) is -3.07. The molecule has 0 saturated carbocycles.